The van der Waals surface area contributed by atoms with Gasteiger partial charge in [0.15, 0.2) is 23.0 Å². The highest BCUT2D eigenvalue weighted by molar-refractivity contribution is 7.86. The molecule has 244 valence electrons. The van der Waals surface area contributed by atoms with E-state index in [1.165, 1.54) is 36.4 Å². The van der Waals surface area contributed by atoms with Crippen molar-refractivity contribution >= 4 is 10.1 Å². The van der Waals surface area contributed by atoms with Crippen molar-refractivity contribution in [1.29, 1.82) is 10.5 Å². The molecule has 3 aromatic rings. The van der Waals surface area contributed by atoms with E-state index < -0.39 is 10.1 Å². The second kappa shape index (κ2) is 22.2. The van der Waals surface area contributed by atoms with Crippen molar-refractivity contribution in [2.45, 2.75) is 11.8 Å². The molecule has 0 aliphatic carbocycles. The maximum atomic E-state index is 11.7. The number of para-hydroxylation sites is 2. The summed E-state index contributed by atoms with van der Waals surface area (Å²) in [6, 6.07) is 19.1. The van der Waals surface area contributed by atoms with Gasteiger partial charge in [0.25, 0.3) is 10.1 Å². The summed E-state index contributed by atoms with van der Waals surface area (Å²) in [7, 11) is -0.507. The smallest absolute Gasteiger partial charge is 0.297 e. The molecule has 0 atom stereocenters. The average Bonchev–Trinajstić information content (AvgIpc) is 3.03. The number of hydrogen-bond acceptors (Lipinski definition) is 13. The fourth-order valence-corrected chi connectivity index (χ4v) is 3.92. The summed E-state index contributed by atoms with van der Waals surface area (Å²) in [5.74, 6) is -0.463. The highest BCUT2D eigenvalue weighted by Gasteiger charge is 2.14. The highest BCUT2D eigenvalue weighted by Crippen LogP contribution is 2.29. The van der Waals surface area contributed by atoms with Crippen LogP contribution in [0.4, 0.5) is 0 Å². The van der Waals surface area contributed by atoms with Crippen LogP contribution in [-0.2, 0) is 33.2 Å². The van der Waals surface area contributed by atoms with Crippen LogP contribution in [0.2, 0.25) is 0 Å². The van der Waals surface area contributed by atoms with E-state index in [-0.39, 0.29) is 46.5 Å². The van der Waals surface area contributed by atoms with Gasteiger partial charge in [-0.05, 0) is 43.3 Å². The number of aromatic hydroxyl groups is 3. The van der Waals surface area contributed by atoms with Gasteiger partial charge in [-0.15, -0.1) is 0 Å². The third-order valence-electron chi connectivity index (χ3n) is 5.38. The lowest BCUT2D eigenvalue weighted by molar-refractivity contribution is 0.0540. The Morgan fingerprint density at radius 2 is 1.18 bits per heavy atom. The van der Waals surface area contributed by atoms with Crippen molar-refractivity contribution in [3.8, 4) is 35.1 Å². The Morgan fingerprint density at radius 3 is 1.71 bits per heavy atom. The fourth-order valence-electron chi connectivity index (χ4n) is 3.03. The molecule has 0 radical (unpaired) electrons. The first-order valence-electron chi connectivity index (χ1n) is 13.5. The first-order valence-corrected chi connectivity index (χ1v) is 14.9. The molecule has 0 amide bonds. The molecule has 0 aliphatic heterocycles. The van der Waals surface area contributed by atoms with Crippen LogP contribution in [0.5, 0.6) is 23.0 Å². The van der Waals surface area contributed by atoms with Crippen LogP contribution in [0.1, 0.15) is 16.7 Å². The molecule has 45 heavy (non-hydrogen) atoms. The van der Waals surface area contributed by atoms with Gasteiger partial charge in [-0.1, -0.05) is 29.8 Å². The van der Waals surface area contributed by atoms with Gasteiger partial charge >= 0.3 is 0 Å². The van der Waals surface area contributed by atoms with Crippen LogP contribution in [0.25, 0.3) is 0 Å². The second-order valence-corrected chi connectivity index (χ2v) is 10.3. The van der Waals surface area contributed by atoms with Crippen molar-refractivity contribution in [3.63, 3.8) is 0 Å². The number of nitrogens with zero attached hydrogens (tertiary/aromatic N) is 2. The van der Waals surface area contributed by atoms with Crippen LogP contribution < -0.4 is 4.74 Å². The van der Waals surface area contributed by atoms with Crippen LogP contribution in [0, 0.1) is 29.6 Å². The molecule has 0 fully saturated rings. The summed E-state index contributed by atoms with van der Waals surface area (Å²) >= 11 is 0. The van der Waals surface area contributed by atoms with Crippen molar-refractivity contribution in [2.75, 3.05) is 67.1 Å². The van der Waals surface area contributed by atoms with Crippen LogP contribution in [0.3, 0.4) is 0 Å². The quantitative estimate of drug-likeness (QED) is 0.123. The van der Waals surface area contributed by atoms with E-state index in [1.54, 1.807) is 44.6 Å². The van der Waals surface area contributed by atoms with Crippen molar-refractivity contribution < 1.29 is 51.6 Å². The number of hydrogen-bond donors (Lipinski definition) is 3. The van der Waals surface area contributed by atoms with Gasteiger partial charge < -0.3 is 39.0 Å². The Hall–Kier alpha value is -4.41. The van der Waals surface area contributed by atoms with Crippen molar-refractivity contribution in [3.05, 3.63) is 77.4 Å². The first-order chi connectivity index (χ1) is 21.6. The molecule has 13 nitrogen and oxygen atoms in total. The number of rotatable bonds is 15. The Morgan fingerprint density at radius 1 is 0.667 bits per heavy atom. The number of phenolic OH excluding ortho intramolecular Hbond substituents is 3. The summed E-state index contributed by atoms with van der Waals surface area (Å²) in [6.45, 7) is 4.76. The van der Waals surface area contributed by atoms with Gasteiger partial charge in [0, 0.05) is 14.2 Å². The van der Waals surface area contributed by atoms with Gasteiger partial charge in [-0.3, -0.25) is 4.18 Å². The summed E-state index contributed by atoms with van der Waals surface area (Å²) < 4.78 is 53.5. The number of aryl methyl sites for hydroxylation is 1. The normalized spacial score (nSPS) is 10.3. The number of phenols is 3. The Kier molecular flexibility index (Phi) is 19.0. The Balaban J connectivity index is 0.000000351. The number of methoxy groups -OCH3 is 2. The highest BCUT2D eigenvalue weighted by atomic mass is 32.2. The minimum atomic E-state index is -3.68. The summed E-state index contributed by atoms with van der Waals surface area (Å²) in [5.41, 5.74) is 1.28. The van der Waals surface area contributed by atoms with E-state index in [1.807, 2.05) is 13.0 Å². The maximum absolute atomic E-state index is 11.7. The Bertz CT molecular complexity index is 1470. The van der Waals surface area contributed by atoms with E-state index in [0.717, 1.165) is 5.56 Å². The molecular weight excluding hydrogens is 608 g/mol. The molecule has 0 aromatic heterocycles. The fraction of sp³-hybridized carbons (Fsp3) is 0.355. The molecular formula is C31H38N2O11S. The zero-order valence-corrected chi connectivity index (χ0v) is 26.2. The van der Waals surface area contributed by atoms with Gasteiger partial charge in [0.05, 0.1) is 62.3 Å². The van der Waals surface area contributed by atoms with Crippen molar-refractivity contribution in [1.82, 2.24) is 0 Å². The zero-order valence-electron chi connectivity index (χ0n) is 25.3. The van der Waals surface area contributed by atoms with Gasteiger partial charge in [-0.2, -0.15) is 18.9 Å². The molecule has 3 rings (SSSR count). The predicted molar refractivity (Wildman–Crippen MR) is 163 cm³/mol. The molecule has 0 saturated heterocycles. The van der Waals surface area contributed by atoms with Gasteiger partial charge in [0.2, 0.25) is 0 Å². The predicted octanol–water partition coefficient (Wildman–Crippen LogP) is 3.64. The molecule has 0 heterocycles. The monoisotopic (exact) mass is 646 g/mol. The summed E-state index contributed by atoms with van der Waals surface area (Å²) in [6.07, 6.45) is 0. The number of nitriles is 2. The van der Waals surface area contributed by atoms with Gasteiger partial charge in [0.1, 0.15) is 18.7 Å². The minimum absolute atomic E-state index is 0.0000753. The SMILES string of the molecule is COCCOCCOS(=O)(=O)c1ccc(C)cc1.COCCOCCOc1cccc(C#N)c1O.N#Cc1cccc(O)c1O. The standard InChI is InChI=1S/C12H15NO4.C12H18O5S.C7H5NO2/c1-15-5-6-16-7-8-17-11-4-2-3-10(9-13)12(11)14;1-11-3-5-12(6-4-11)18(13,14)17-10-9-16-8-7-15-2;8-4-5-2-1-3-6(9)7(5)10/h2-4,14H,5-8H2,1H3;3-6H,7-10H2,1-2H3;1-3,9-10H. The molecule has 0 aliphatic rings. The third-order valence-corrected chi connectivity index (χ3v) is 6.71. The van der Waals surface area contributed by atoms with Crippen LogP contribution in [0.15, 0.2) is 65.6 Å². The summed E-state index contributed by atoms with van der Waals surface area (Å²) in [5, 5.41) is 44.4. The average molecular weight is 647 g/mol. The van der Waals surface area contributed by atoms with Crippen molar-refractivity contribution in [2.24, 2.45) is 0 Å². The van der Waals surface area contributed by atoms with E-state index in [4.69, 9.17) is 48.6 Å². The molecule has 0 saturated carbocycles. The lowest BCUT2D eigenvalue weighted by Crippen LogP contribution is -2.13. The minimum Gasteiger partial charge on any atom is -0.504 e. The van der Waals surface area contributed by atoms with Crippen LogP contribution in [-0.4, -0.2) is 90.8 Å². The summed E-state index contributed by atoms with van der Waals surface area (Å²) in [4.78, 5) is 0.157. The van der Waals surface area contributed by atoms with Gasteiger partial charge in [-0.25, -0.2) is 0 Å². The second-order valence-electron chi connectivity index (χ2n) is 8.70. The maximum Gasteiger partial charge on any atom is 0.297 e. The molecule has 3 N–H and O–H groups in total. The van der Waals surface area contributed by atoms with E-state index in [9.17, 15) is 13.5 Å². The third kappa shape index (κ3) is 15.2. The lowest BCUT2D eigenvalue weighted by Gasteiger charge is -2.08. The van der Waals surface area contributed by atoms with E-state index in [2.05, 4.69) is 0 Å². The number of benzene rings is 3. The molecule has 14 heteroatoms. The Labute approximate surface area is 263 Å². The largest absolute Gasteiger partial charge is 0.504 e. The molecule has 0 unspecified atom stereocenters. The molecule has 3 aromatic carbocycles. The first kappa shape index (κ1) is 38.6. The lowest BCUT2D eigenvalue weighted by atomic mass is 10.2. The zero-order chi connectivity index (χ0) is 33.5. The van der Waals surface area contributed by atoms with E-state index >= 15 is 0 Å². The van der Waals surface area contributed by atoms with Crippen LogP contribution >= 0.6 is 0 Å². The topological polar surface area (TPSA) is 198 Å². The molecule has 0 spiro atoms. The molecule has 0 bridgehead atoms. The van der Waals surface area contributed by atoms with E-state index in [0.29, 0.717) is 45.4 Å². The number of ether oxygens (including phenoxy) is 5.